The highest BCUT2D eigenvalue weighted by molar-refractivity contribution is 5.81. The predicted molar refractivity (Wildman–Crippen MR) is 77.1 cm³/mol. The van der Waals surface area contributed by atoms with Crippen LogP contribution in [0.2, 0.25) is 0 Å². The molecule has 0 saturated carbocycles. The van der Waals surface area contributed by atoms with Gasteiger partial charge in [-0.25, -0.2) is 0 Å². The minimum atomic E-state index is -0.0288. The Bertz CT molecular complexity index is 409. The number of nitrogens with zero attached hydrogens (tertiary/aromatic N) is 1. The van der Waals surface area contributed by atoms with Gasteiger partial charge in [0.15, 0.2) is 0 Å². The molecule has 0 heterocycles. The number of hydrogen-bond donors (Lipinski definition) is 2. The number of benzene rings is 1. The summed E-state index contributed by atoms with van der Waals surface area (Å²) in [6.07, 6.45) is 0. The topological polar surface area (TPSA) is 67.6 Å². The molecule has 19 heavy (non-hydrogen) atoms. The molecule has 0 aromatic heterocycles. The molecule has 5 heteroatoms. The van der Waals surface area contributed by atoms with E-state index in [-0.39, 0.29) is 11.9 Å². The monoisotopic (exact) mass is 265 g/mol. The molecule has 1 rings (SSSR count). The van der Waals surface area contributed by atoms with Crippen LogP contribution in [0.1, 0.15) is 12.5 Å². The minimum Gasteiger partial charge on any atom is -0.383 e. The van der Waals surface area contributed by atoms with Crippen LogP contribution in [0.25, 0.3) is 0 Å². The molecule has 1 unspecified atom stereocenters. The standard InChI is InChI=1S/C14H23N3O2/c1-11(10-19-3)16-14(18)9-17(2)13-7-5-4-6-12(13)8-15/h4-7,11H,8-10,15H2,1-3H3,(H,16,18). The summed E-state index contributed by atoms with van der Waals surface area (Å²) < 4.78 is 4.99. The zero-order chi connectivity index (χ0) is 14.3. The van der Waals surface area contributed by atoms with Gasteiger partial charge in [0, 0.05) is 32.4 Å². The number of carbonyl (C=O) groups excluding carboxylic acids is 1. The second-order valence-corrected chi connectivity index (χ2v) is 4.61. The fourth-order valence-electron chi connectivity index (χ4n) is 1.97. The van der Waals surface area contributed by atoms with Crippen molar-refractivity contribution in [2.24, 2.45) is 5.73 Å². The highest BCUT2D eigenvalue weighted by Crippen LogP contribution is 2.17. The molecular weight excluding hydrogens is 242 g/mol. The van der Waals surface area contributed by atoms with E-state index in [1.165, 1.54) is 0 Å². The lowest BCUT2D eigenvalue weighted by Crippen LogP contribution is -2.41. The van der Waals surface area contributed by atoms with Gasteiger partial charge in [-0.3, -0.25) is 4.79 Å². The van der Waals surface area contributed by atoms with Gasteiger partial charge in [0.1, 0.15) is 0 Å². The van der Waals surface area contributed by atoms with Gasteiger partial charge in [-0.05, 0) is 18.6 Å². The Labute approximate surface area is 114 Å². The molecule has 1 aromatic rings. The minimum absolute atomic E-state index is 0.00986. The van der Waals surface area contributed by atoms with E-state index in [1.54, 1.807) is 7.11 Å². The molecule has 0 radical (unpaired) electrons. The molecule has 0 saturated heterocycles. The van der Waals surface area contributed by atoms with E-state index in [0.717, 1.165) is 11.3 Å². The van der Waals surface area contributed by atoms with Crippen LogP contribution in [0.15, 0.2) is 24.3 Å². The molecule has 0 bridgehead atoms. The lowest BCUT2D eigenvalue weighted by Gasteiger charge is -2.22. The molecule has 1 atom stereocenters. The number of para-hydroxylation sites is 1. The van der Waals surface area contributed by atoms with E-state index in [0.29, 0.717) is 19.7 Å². The van der Waals surface area contributed by atoms with Gasteiger partial charge < -0.3 is 20.7 Å². The summed E-state index contributed by atoms with van der Waals surface area (Å²) in [5, 5.41) is 2.88. The molecule has 1 aromatic carbocycles. The van der Waals surface area contributed by atoms with Crippen LogP contribution < -0.4 is 16.0 Å². The third kappa shape index (κ3) is 4.89. The Morgan fingerprint density at radius 3 is 2.79 bits per heavy atom. The van der Waals surface area contributed by atoms with E-state index >= 15 is 0 Å². The average Bonchev–Trinajstić information content (AvgIpc) is 2.38. The van der Waals surface area contributed by atoms with Crippen LogP contribution in [0.3, 0.4) is 0 Å². The number of anilines is 1. The van der Waals surface area contributed by atoms with Gasteiger partial charge in [0.2, 0.25) is 5.91 Å². The lowest BCUT2D eigenvalue weighted by molar-refractivity contribution is -0.120. The summed E-state index contributed by atoms with van der Waals surface area (Å²) in [6, 6.07) is 7.83. The second kappa shape index (κ2) is 7.76. The highest BCUT2D eigenvalue weighted by atomic mass is 16.5. The van der Waals surface area contributed by atoms with Gasteiger partial charge in [-0.2, -0.15) is 0 Å². The number of amides is 1. The smallest absolute Gasteiger partial charge is 0.239 e. The Kier molecular flexibility index (Phi) is 6.32. The fourth-order valence-corrected chi connectivity index (χ4v) is 1.97. The van der Waals surface area contributed by atoms with Gasteiger partial charge in [0.05, 0.1) is 13.2 Å². The van der Waals surface area contributed by atoms with Crippen LogP contribution >= 0.6 is 0 Å². The highest BCUT2D eigenvalue weighted by Gasteiger charge is 2.12. The molecule has 0 fully saturated rings. The zero-order valence-electron chi connectivity index (χ0n) is 11.8. The Balaban J connectivity index is 2.59. The van der Waals surface area contributed by atoms with Crippen LogP contribution in [-0.2, 0) is 16.1 Å². The van der Waals surface area contributed by atoms with E-state index in [2.05, 4.69) is 5.32 Å². The average molecular weight is 265 g/mol. The van der Waals surface area contributed by atoms with Crippen molar-refractivity contribution in [3.8, 4) is 0 Å². The number of nitrogens with two attached hydrogens (primary N) is 1. The molecular formula is C14H23N3O2. The molecule has 0 spiro atoms. The first-order valence-electron chi connectivity index (χ1n) is 6.36. The zero-order valence-corrected chi connectivity index (χ0v) is 11.8. The molecule has 5 nitrogen and oxygen atoms in total. The van der Waals surface area contributed by atoms with Crippen molar-refractivity contribution in [1.29, 1.82) is 0 Å². The Morgan fingerprint density at radius 1 is 1.47 bits per heavy atom. The van der Waals surface area contributed by atoms with Gasteiger partial charge >= 0.3 is 0 Å². The number of hydrogen-bond acceptors (Lipinski definition) is 4. The largest absolute Gasteiger partial charge is 0.383 e. The second-order valence-electron chi connectivity index (χ2n) is 4.61. The van der Waals surface area contributed by atoms with Gasteiger partial charge in [-0.1, -0.05) is 18.2 Å². The summed E-state index contributed by atoms with van der Waals surface area (Å²) in [7, 11) is 3.50. The molecule has 3 N–H and O–H groups in total. The summed E-state index contributed by atoms with van der Waals surface area (Å²) in [5.41, 5.74) is 7.71. The van der Waals surface area contributed by atoms with Crippen molar-refractivity contribution in [3.63, 3.8) is 0 Å². The van der Waals surface area contributed by atoms with Crippen molar-refractivity contribution >= 4 is 11.6 Å². The molecule has 0 aliphatic heterocycles. The Hall–Kier alpha value is -1.59. The van der Waals surface area contributed by atoms with Crippen molar-refractivity contribution in [1.82, 2.24) is 5.32 Å². The summed E-state index contributed by atoms with van der Waals surface area (Å²) in [6.45, 7) is 3.18. The number of rotatable bonds is 7. The maximum Gasteiger partial charge on any atom is 0.239 e. The van der Waals surface area contributed by atoms with E-state index < -0.39 is 0 Å². The Morgan fingerprint density at radius 2 is 2.16 bits per heavy atom. The molecule has 106 valence electrons. The van der Waals surface area contributed by atoms with Crippen molar-refractivity contribution in [2.75, 3.05) is 32.2 Å². The lowest BCUT2D eigenvalue weighted by atomic mass is 10.1. The summed E-state index contributed by atoms with van der Waals surface area (Å²) in [4.78, 5) is 13.8. The molecule has 0 aliphatic rings. The fraction of sp³-hybridized carbons (Fsp3) is 0.500. The third-order valence-electron chi connectivity index (χ3n) is 2.83. The van der Waals surface area contributed by atoms with E-state index in [4.69, 9.17) is 10.5 Å². The quantitative estimate of drug-likeness (QED) is 0.763. The summed E-state index contributed by atoms with van der Waals surface area (Å²) >= 11 is 0. The molecule has 1 amide bonds. The number of carbonyl (C=O) groups is 1. The first kappa shape index (κ1) is 15.5. The van der Waals surface area contributed by atoms with Gasteiger partial charge in [-0.15, -0.1) is 0 Å². The van der Waals surface area contributed by atoms with Crippen LogP contribution in [0.5, 0.6) is 0 Å². The van der Waals surface area contributed by atoms with Crippen molar-refractivity contribution < 1.29 is 9.53 Å². The SMILES string of the molecule is COCC(C)NC(=O)CN(C)c1ccccc1CN. The maximum absolute atomic E-state index is 11.9. The van der Waals surface area contributed by atoms with Gasteiger partial charge in [0.25, 0.3) is 0 Å². The number of nitrogens with one attached hydrogen (secondary N) is 1. The van der Waals surface area contributed by atoms with E-state index in [1.807, 2.05) is 43.1 Å². The summed E-state index contributed by atoms with van der Waals surface area (Å²) in [5.74, 6) is -0.0288. The van der Waals surface area contributed by atoms with Crippen molar-refractivity contribution in [2.45, 2.75) is 19.5 Å². The van der Waals surface area contributed by atoms with Crippen molar-refractivity contribution in [3.05, 3.63) is 29.8 Å². The number of ether oxygens (including phenoxy) is 1. The van der Waals surface area contributed by atoms with Crippen LogP contribution in [0, 0.1) is 0 Å². The number of methoxy groups -OCH3 is 1. The molecule has 0 aliphatic carbocycles. The number of likely N-dealkylation sites (N-methyl/N-ethyl adjacent to an activating group) is 1. The normalized spacial score (nSPS) is 12.0. The maximum atomic E-state index is 11.9. The van der Waals surface area contributed by atoms with Crippen LogP contribution in [0.4, 0.5) is 5.69 Å². The first-order valence-corrected chi connectivity index (χ1v) is 6.36. The first-order chi connectivity index (χ1) is 9.08. The predicted octanol–water partition coefficient (Wildman–Crippen LogP) is 0.733. The third-order valence-corrected chi connectivity index (χ3v) is 2.83. The van der Waals surface area contributed by atoms with Crippen LogP contribution in [-0.4, -0.2) is 39.3 Å². The van der Waals surface area contributed by atoms with E-state index in [9.17, 15) is 4.79 Å².